The van der Waals surface area contributed by atoms with Crippen molar-refractivity contribution in [2.24, 2.45) is 0 Å². The molecule has 0 radical (unpaired) electrons. The number of aliphatic hydroxyl groups is 2. The van der Waals surface area contributed by atoms with Crippen molar-refractivity contribution in [1.82, 2.24) is 24.6 Å². The van der Waals surface area contributed by atoms with E-state index in [9.17, 15) is 41.0 Å². The van der Waals surface area contributed by atoms with E-state index in [2.05, 4.69) is 10.1 Å². The summed E-state index contributed by atoms with van der Waals surface area (Å²) in [5.74, 6) is -1.36. The molecule has 1 aliphatic rings. The zero-order valence-corrected chi connectivity index (χ0v) is 16.6. The molecule has 33 heavy (non-hydrogen) atoms. The monoisotopic (exact) mass is 479 g/mol. The third kappa shape index (κ3) is 4.98. The van der Waals surface area contributed by atoms with Crippen molar-refractivity contribution in [2.45, 2.75) is 18.5 Å². The largest absolute Gasteiger partial charge is 0.416 e. The Balaban J connectivity index is 1.97. The third-order valence-corrected chi connectivity index (χ3v) is 4.56. The van der Waals surface area contributed by atoms with Gasteiger partial charge in [0.15, 0.2) is 5.82 Å². The van der Waals surface area contributed by atoms with Crippen LogP contribution in [0, 0.1) is 0 Å². The number of benzene rings is 1. The van der Waals surface area contributed by atoms with Gasteiger partial charge in [-0.1, -0.05) is 0 Å². The molecule has 1 aliphatic heterocycles. The van der Waals surface area contributed by atoms with E-state index in [1.807, 2.05) is 0 Å². The molecular weight excluding hydrogens is 464 g/mol. The van der Waals surface area contributed by atoms with Crippen LogP contribution in [0.3, 0.4) is 0 Å². The van der Waals surface area contributed by atoms with Gasteiger partial charge in [0.05, 0.1) is 36.6 Å². The van der Waals surface area contributed by atoms with E-state index in [4.69, 9.17) is 5.11 Å². The Morgan fingerprint density at radius 1 is 1.06 bits per heavy atom. The number of imide groups is 1. The highest BCUT2D eigenvalue weighted by Crippen LogP contribution is 2.38. The van der Waals surface area contributed by atoms with Crippen LogP contribution in [0.15, 0.2) is 30.2 Å². The number of aromatic nitrogens is 3. The van der Waals surface area contributed by atoms with Gasteiger partial charge in [-0.15, -0.1) is 5.10 Å². The van der Waals surface area contributed by atoms with E-state index in [-0.39, 0.29) is 11.8 Å². The standard InChI is InChI=1S/C18H15F6N5O4/c1-27-13(15(32)29(16(27)33)5-12(31)7-30)6-28-8-25-14(26-28)9-2-10(17(19,20)21)4-11(3-9)18(22,23)24/h2-4,6,8,12,30-31H,5,7H2,1H3. The Hall–Kier alpha value is -3.46. The lowest BCUT2D eigenvalue weighted by molar-refractivity contribution is -0.143. The minimum absolute atomic E-state index is 0.0321. The summed E-state index contributed by atoms with van der Waals surface area (Å²) in [6, 6.07) is 0.0504. The topological polar surface area (TPSA) is 112 Å². The zero-order chi connectivity index (χ0) is 24.7. The molecule has 1 unspecified atom stereocenters. The molecule has 0 spiro atoms. The SMILES string of the molecule is CN1C(=O)N(CC(O)CO)C(=O)C1=Cn1cnc(-c2cc(C(F)(F)F)cc(C(F)(F)F)c2)n1. The number of aliphatic hydroxyl groups excluding tert-OH is 2. The number of carbonyl (C=O) groups is 2. The van der Waals surface area contributed by atoms with Gasteiger partial charge >= 0.3 is 18.4 Å². The minimum atomic E-state index is -5.05. The molecule has 3 amide bonds. The Bertz CT molecular complexity index is 1080. The number of urea groups is 1. The summed E-state index contributed by atoms with van der Waals surface area (Å²) in [6.45, 7) is -1.20. The summed E-state index contributed by atoms with van der Waals surface area (Å²) in [4.78, 5) is 29.9. The van der Waals surface area contributed by atoms with Crippen LogP contribution in [-0.2, 0) is 17.1 Å². The van der Waals surface area contributed by atoms with Gasteiger partial charge in [-0.25, -0.2) is 14.5 Å². The average Bonchev–Trinajstić information content (AvgIpc) is 3.27. The van der Waals surface area contributed by atoms with Crippen molar-refractivity contribution < 1.29 is 46.1 Å². The first kappa shape index (κ1) is 24.2. The number of rotatable bonds is 5. The van der Waals surface area contributed by atoms with Crippen LogP contribution < -0.4 is 0 Å². The number of amides is 3. The fraction of sp³-hybridized carbons (Fsp3) is 0.333. The van der Waals surface area contributed by atoms with E-state index < -0.39 is 66.1 Å². The molecule has 1 aromatic carbocycles. The maximum atomic E-state index is 13.1. The molecule has 0 saturated carbocycles. The van der Waals surface area contributed by atoms with Gasteiger partial charge in [-0.3, -0.25) is 14.6 Å². The predicted octanol–water partition coefficient (Wildman–Crippen LogP) is 2.03. The Morgan fingerprint density at radius 3 is 2.15 bits per heavy atom. The van der Waals surface area contributed by atoms with E-state index >= 15 is 0 Å². The highest BCUT2D eigenvalue weighted by Gasteiger charge is 2.40. The number of likely N-dealkylation sites (N-methyl/N-ethyl adjacent to an activating group) is 1. The van der Waals surface area contributed by atoms with Gasteiger partial charge in [-0.05, 0) is 18.2 Å². The second-order valence-electron chi connectivity index (χ2n) is 6.95. The Kier molecular flexibility index (Phi) is 6.21. The normalized spacial score (nSPS) is 17.4. The van der Waals surface area contributed by atoms with Crippen molar-refractivity contribution in [3.63, 3.8) is 0 Å². The van der Waals surface area contributed by atoms with Crippen LogP contribution >= 0.6 is 0 Å². The lowest BCUT2D eigenvalue weighted by atomic mass is 10.0. The molecule has 2 heterocycles. The van der Waals surface area contributed by atoms with Crippen LogP contribution in [0.2, 0.25) is 0 Å². The molecule has 1 saturated heterocycles. The van der Waals surface area contributed by atoms with Gasteiger partial charge in [0, 0.05) is 12.6 Å². The van der Waals surface area contributed by atoms with E-state index in [1.165, 1.54) is 7.05 Å². The summed E-state index contributed by atoms with van der Waals surface area (Å²) in [6.07, 6.45) is -9.58. The van der Waals surface area contributed by atoms with Crippen LogP contribution in [0.5, 0.6) is 0 Å². The van der Waals surface area contributed by atoms with Crippen LogP contribution in [0.4, 0.5) is 31.1 Å². The highest BCUT2D eigenvalue weighted by atomic mass is 19.4. The molecule has 3 rings (SSSR count). The molecule has 0 aliphatic carbocycles. The molecule has 2 aromatic rings. The molecule has 1 atom stereocenters. The highest BCUT2D eigenvalue weighted by molar-refractivity contribution is 6.13. The second-order valence-corrected chi connectivity index (χ2v) is 6.95. The summed E-state index contributed by atoms with van der Waals surface area (Å²) in [5, 5.41) is 22.2. The van der Waals surface area contributed by atoms with Gasteiger partial charge in [0.1, 0.15) is 12.0 Å². The Morgan fingerprint density at radius 2 is 1.64 bits per heavy atom. The molecule has 9 nitrogen and oxygen atoms in total. The van der Waals surface area contributed by atoms with Crippen molar-refractivity contribution in [1.29, 1.82) is 0 Å². The molecular formula is C18H15F6N5O4. The molecule has 1 fully saturated rings. The van der Waals surface area contributed by atoms with E-state index in [1.54, 1.807) is 0 Å². The van der Waals surface area contributed by atoms with Gasteiger partial charge in [0.2, 0.25) is 0 Å². The minimum Gasteiger partial charge on any atom is -0.394 e. The van der Waals surface area contributed by atoms with Crippen LogP contribution in [0.25, 0.3) is 17.6 Å². The zero-order valence-electron chi connectivity index (χ0n) is 16.6. The Labute approximate surface area is 181 Å². The maximum Gasteiger partial charge on any atom is 0.416 e. The van der Waals surface area contributed by atoms with Gasteiger partial charge in [-0.2, -0.15) is 26.3 Å². The van der Waals surface area contributed by atoms with Crippen LogP contribution in [-0.4, -0.2) is 73.0 Å². The number of carbonyl (C=O) groups excluding carboxylic acids is 2. The second kappa shape index (κ2) is 8.47. The molecule has 0 bridgehead atoms. The number of halogens is 6. The summed E-state index contributed by atoms with van der Waals surface area (Å²) in [5.41, 5.74) is -3.92. The van der Waals surface area contributed by atoms with Crippen molar-refractivity contribution >= 4 is 18.1 Å². The first-order valence-corrected chi connectivity index (χ1v) is 9.03. The maximum absolute atomic E-state index is 13.1. The molecule has 1 aromatic heterocycles. The fourth-order valence-electron chi connectivity index (χ4n) is 2.90. The summed E-state index contributed by atoms with van der Waals surface area (Å²) < 4.78 is 79.2. The first-order valence-electron chi connectivity index (χ1n) is 9.03. The predicted molar refractivity (Wildman–Crippen MR) is 97.7 cm³/mol. The van der Waals surface area contributed by atoms with Crippen molar-refractivity contribution in [3.8, 4) is 11.4 Å². The lowest BCUT2D eigenvalue weighted by Gasteiger charge is -2.15. The van der Waals surface area contributed by atoms with E-state index in [0.717, 1.165) is 22.1 Å². The number of alkyl halides is 6. The third-order valence-electron chi connectivity index (χ3n) is 4.56. The number of nitrogens with zero attached hydrogens (tertiary/aromatic N) is 5. The summed E-state index contributed by atoms with van der Waals surface area (Å²) in [7, 11) is 1.22. The van der Waals surface area contributed by atoms with E-state index in [0.29, 0.717) is 17.0 Å². The molecule has 178 valence electrons. The van der Waals surface area contributed by atoms with Gasteiger partial charge in [0.25, 0.3) is 5.91 Å². The van der Waals surface area contributed by atoms with Crippen molar-refractivity contribution in [2.75, 3.05) is 20.2 Å². The number of hydrogen-bond donors (Lipinski definition) is 2. The fourth-order valence-corrected chi connectivity index (χ4v) is 2.90. The average molecular weight is 479 g/mol. The van der Waals surface area contributed by atoms with Gasteiger partial charge < -0.3 is 10.2 Å². The molecule has 2 N–H and O–H groups in total. The lowest BCUT2D eigenvalue weighted by Crippen LogP contribution is -2.39. The number of hydrogen-bond acceptors (Lipinski definition) is 6. The summed E-state index contributed by atoms with van der Waals surface area (Å²) >= 11 is 0. The first-order chi connectivity index (χ1) is 15.2. The van der Waals surface area contributed by atoms with Crippen molar-refractivity contribution in [3.05, 3.63) is 41.4 Å². The number of β-amino-alcohol motifs (C(OH)–C–C–N with tert-alkyl or cyclic N) is 1. The smallest absolute Gasteiger partial charge is 0.394 e. The quantitative estimate of drug-likeness (QED) is 0.386. The van der Waals surface area contributed by atoms with Crippen LogP contribution in [0.1, 0.15) is 11.1 Å². The molecule has 15 heteroatoms.